The van der Waals surface area contributed by atoms with Crippen LogP contribution in [-0.2, 0) is 14.8 Å². The molecule has 1 rings (SSSR count). The van der Waals surface area contributed by atoms with Gasteiger partial charge in [0.05, 0.1) is 0 Å². The lowest BCUT2D eigenvalue weighted by Crippen LogP contribution is -2.18. The third kappa shape index (κ3) is 6.87. The molecule has 4 nitrogen and oxygen atoms in total. The number of hydrogen-bond acceptors (Lipinski definition) is 2. The molecule has 1 aromatic rings. The Bertz CT molecular complexity index is 519. The highest BCUT2D eigenvalue weighted by atomic mass is 31.2. The zero-order valence-corrected chi connectivity index (χ0v) is 14.6. The van der Waals surface area contributed by atoms with Crippen LogP contribution in [0.15, 0.2) is 30.3 Å². The molecular formula is C17H27O4P. The van der Waals surface area contributed by atoms with Gasteiger partial charge in [-0.2, -0.15) is 0 Å². The van der Waals surface area contributed by atoms with Crippen LogP contribution in [0.1, 0.15) is 52.0 Å². The molecule has 0 aliphatic carbocycles. The van der Waals surface area contributed by atoms with Crippen molar-refractivity contribution >= 4 is 13.4 Å². The average Bonchev–Trinajstić information content (AvgIpc) is 2.42. The Kier molecular flexibility index (Phi) is 6.98. The monoisotopic (exact) mass is 326 g/mol. The number of Topliss-reactive ketones (excluding diaryl/α,β-unsaturated/α-hetero) is 1. The predicted octanol–water partition coefficient (Wildman–Crippen LogP) is 3.91. The standard InChI is InChI=1S/C17H27O4P/c1-14(16(18)13-22(19,20)21)9-7-8-12-17(2,3)15-10-5-4-6-11-15/h4-6,10-11,14H,7-9,12-13H2,1-3H3,(H2,19,20,21)/t14-/m0/s1. The SMILES string of the molecule is C[C@@H](CCCCC(C)(C)c1ccccc1)C(=O)CP(=O)(O)O. The van der Waals surface area contributed by atoms with E-state index in [2.05, 4.69) is 26.0 Å². The number of benzene rings is 1. The van der Waals surface area contributed by atoms with Gasteiger partial charge in [-0.1, -0.05) is 63.9 Å². The molecule has 0 aromatic heterocycles. The smallest absolute Gasteiger partial charge is 0.324 e. The van der Waals surface area contributed by atoms with Gasteiger partial charge in [0.25, 0.3) is 0 Å². The van der Waals surface area contributed by atoms with Gasteiger partial charge in [-0.05, 0) is 23.8 Å². The molecule has 124 valence electrons. The molecule has 0 spiro atoms. The van der Waals surface area contributed by atoms with Crippen molar-refractivity contribution in [3.05, 3.63) is 35.9 Å². The fraction of sp³-hybridized carbons (Fsp3) is 0.588. The van der Waals surface area contributed by atoms with Gasteiger partial charge >= 0.3 is 7.60 Å². The summed E-state index contributed by atoms with van der Waals surface area (Å²) in [6.07, 6.45) is 2.96. The third-order valence-electron chi connectivity index (χ3n) is 4.16. The van der Waals surface area contributed by atoms with Crippen molar-refractivity contribution in [3.8, 4) is 0 Å². The Morgan fingerprint density at radius 2 is 1.77 bits per heavy atom. The summed E-state index contributed by atoms with van der Waals surface area (Å²) in [5, 5.41) is 0. The van der Waals surface area contributed by atoms with E-state index in [0.29, 0.717) is 6.42 Å². The number of carbonyl (C=O) groups is 1. The van der Waals surface area contributed by atoms with Crippen molar-refractivity contribution in [2.24, 2.45) is 5.92 Å². The number of hydrogen-bond donors (Lipinski definition) is 2. The van der Waals surface area contributed by atoms with E-state index < -0.39 is 13.8 Å². The van der Waals surface area contributed by atoms with Crippen molar-refractivity contribution in [1.82, 2.24) is 0 Å². The van der Waals surface area contributed by atoms with Gasteiger partial charge < -0.3 is 9.79 Å². The van der Waals surface area contributed by atoms with Crippen LogP contribution >= 0.6 is 7.60 Å². The van der Waals surface area contributed by atoms with Gasteiger partial charge in [-0.3, -0.25) is 9.36 Å². The van der Waals surface area contributed by atoms with Crippen LogP contribution in [0.5, 0.6) is 0 Å². The van der Waals surface area contributed by atoms with Crippen molar-refractivity contribution < 1.29 is 19.1 Å². The first-order valence-electron chi connectivity index (χ1n) is 7.74. The fourth-order valence-corrected chi connectivity index (χ4v) is 3.29. The molecule has 0 aliphatic heterocycles. The lowest BCUT2D eigenvalue weighted by Gasteiger charge is -2.25. The molecule has 5 heteroatoms. The second-order valence-corrected chi connectivity index (χ2v) is 8.33. The van der Waals surface area contributed by atoms with Gasteiger partial charge in [-0.25, -0.2) is 0 Å². The summed E-state index contributed by atoms with van der Waals surface area (Å²) in [4.78, 5) is 29.3. The summed E-state index contributed by atoms with van der Waals surface area (Å²) in [5.74, 6) is -0.622. The first-order chi connectivity index (χ1) is 10.1. The second-order valence-electron chi connectivity index (χ2n) is 6.69. The Morgan fingerprint density at radius 1 is 1.18 bits per heavy atom. The molecule has 22 heavy (non-hydrogen) atoms. The number of carbonyl (C=O) groups excluding carboxylic acids is 1. The fourth-order valence-electron chi connectivity index (χ4n) is 2.57. The molecule has 0 heterocycles. The molecule has 0 unspecified atom stereocenters. The van der Waals surface area contributed by atoms with E-state index >= 15 is 0 Å². The van der Waals surface area contributed by atoms with Gasteiger partial charge in [0.2, 0.25) is 0 Å². The van der Waals surface area contributed by atoms with Crippen molar-refractivity contribution in [2.45, 2.75) is 51.9 Å². The maximum Gasteiger partial charge on any atom is 0.332 e. The lowest BCUT2D eigenvalue weighted by molar-refractivity contribution is -0.120. The number of unbranched alkanes of at least 4 members (excludes halogenated alkanes) is 1. The maximum atomic E-state index is 11.7. The Morgan fingerprint density at radius 3 is 2.32 bits per heavy atom. The van der Waals surface area contributed by atoms with Crippen LogP contribution in [-0.4, -0.2) is 21.7 Å². The van der Waals surface area contributed by atoms with Crippen LogP contribution in [0.3, 0.4) is 0 Å². The Balaban J connectivity index is 2.36. The summed E-state index contributed by atoms with van der Waals surface area (Å²) in [5.41, 5.74) is 1.40. The van der Waals surface area contributed by atoms with E-state index in [1.165, 1.54) is 5.56 Å². The Labute approximate surface area is 133 Å². The normalized spacial score (nSPS) is 13.9. The predicted molar refractivity (Wildman–Crippen MR) is 89.0 cm³/mol. The molecule has 0 bridgehead atoms. The molecule has 1 aromatic carbocycles. The van der Waals surface area contributed by atoms with Crippen LogP contribution < -0.4 is 0 Å². The van der Waals surface area contributed by atoms with E-state index in [1.807, 2.05) is 18.2 Å². The van der Waals surface area contributed by atoms with E-state index in [0.717, 1.165) is 19.3 Å². The summed E-state index contributed by atoms with van der Waals surface area (Å²) >= 11 is 0. The molecule has 0 radical (unpaired) electrons. The molecule has 0 saturated carbocycles. The highest BCUT2D eigenvalue weighted by molar-refractivity contribution is 7.52. The van der Waals surface area contributed by atoms with Crippen molar-refractivity contribution in [3.63, 3.8) is 0 Å². The van der Waals surface area contributed by atoms with E-state index in [4.69, 9.17) is 9.79 Å². The molecule has 1 atom stereocenters. The first kappa shape index (κ1) is 19.1. The molecule has 0 saturated heterocycles. The van der Waals surface area contributed by atoms with Gasteiger partial charge in [-0.15, -0.1) is 0 Å². The van der Waals surface area contributed by atoms with Crippen molar-refractivity contribution in [1.29, 1.82) is 0 Å². The van der Waals surface area contributed by atoms with Gasteiger partial charge in [0.1, 0.15) is 11.9 Å². The summed E-state index contributed by atoms with van der Waals surface area (Å²) in [7, 11) is -4.23. The minimum atomic E-state index is -4.23. The largest absolute Gasteiger partial charge is 0.332 e. The zero-order chi connectivity index (χ0) is 16.8. The number of rotatable bonds is 9. The molecule has 0 aliphatic rings. The molecular weight excluding hydrogens is 299 g/mol. The topological polar surface area (TPSA) is 74.6 Å². The summed E-state index contributed by atoms with van der Waals surface area (Å²) in [6.45, 7) is 6.18. The van der Waals surface area contributed by atoms with E-state index in [-0.39, 0.29) is 17.1 Å². The molecule has 0 fully saturated rings. The second kappa shape index (κ2) is 8.05. The van der Waals surface area contributed by atoms with E-state index in [1.54, 1.807) is 6.92 Å². The van der Waals surface area contributed by atoms with Gasteiger partial charge in [0.15, 0.2) is 0 Å². The minimum absolute atomic E-state index is 0.0976. The van der Waals surface area contributed by atoms with Crippen LogP contribution in [0, 0.1) is 5.92 Å². The van der Waals surface area contributed by atoms with Crippen LogP contribution in [0.2, 0.25) is 0 Å². The first-order valence-corrected chi connectivity index (χ1v) is 9.54. The third-order valence-corrected chi connectivity index (χ3v) is 4.88. The van der Waals surface area contributed by atoms with Crippen molar-refractivity contribution in [2.75, 3.05) is 6.16 Å². The zero-order valence-electron chi connectivity index (χ0n) is 13.7. The summed E-state index contributed by atoms with van der Waals surface area (Å²) < 4.78 is 10.8. The highest BCUT2D eigenvalue weighted by Crippen LogP contribution is 2.35. The van der Waals surface area contributed by atoms with Crippen LogP contribution in [0.25, 0.3) is 0 Å². The lowest BCUT2D eigenvalue weighted by atomic mass is 9.80. The minimum Gasteiger partial charge on any atom is -0.324 e. The highest BCUT2D eigenvalue weighted by Gasteiger charge is 2.24. The quantitative estimate of drug-likeness (QED) is 0.533. The Hall–Kier alpha value is -0.960. The molecule has 0 amide bonds. The number of ketones is 1. The summed E-state index contributed by atoms with van der Waals surface area (Å²) in [6, 6.07) is 10.4. The van der Waals surface area contributed by atoms with Crippen LogP contribution in [0.4, 0.5) is 0 Å². The average molecular weight is 326 g/mol. The maximum absolute atomic E-state index is 11.7. The molecule has 2 N–H and O–H groups in total. The van der Waals surface area contributed by atoms with Gasteiger partial charge in [0, 0.05) is 5.92 Å². The van der Waals surface area contributed by atoms with E-state index in [9.17, 15) is 9.36 Å².